The SMILES string of the molecule is CN(C)C1C(O)=C(C(N)=O)C(=O)C2(O)C(O)=C3C(=O)c4c(O)c(C(C)(C)C)cc(CN)c4CC3CC12. The van der Waals surface area contributed by atoms with E-state index in [1.54, 1.807) is 20.2 Å². The van der Waals surface area contributed by atoms with Crippen molar-refractivity contribution < 1.29 is 34.8 Å². The van der Waals surface area contributed by atoms with Crippen LogP contribution in [0.3, 0.4) is 0 Å². The number of amides is 1. The first-order chi connectivity index (χ1) is 16.6. The fourth-order valence-corrected chi connectivity index (χ4v) is 6.15. The maximum atomic E-state index is 13.8. The van der Waals surface area contributed by atoms with E-state index in [0.29, 0.717) is 16.7 Å². The Balaban J connectivity index is 2.00. The van der Waals surface area contributed by atoms with Crippen LogP contribution in [0.25, 0.3) is 0 Å². The first-order valence-electron chi connectivity index (χ1n) is 11.8. The number of carbonyl (C=O) groups excluding carboxylic acids is 3. The molecule has 4 unspecified atom stereocenters. The Bertz CT molecular complexity index is 1270. The highest BCUT2D eigenvalue weighted by molar-refractivity contribution is 6.24. The average Bonchev–Trinajstić information content (AvgIpc) is 2.75. The van der Waals surface area contributed by atoms with Gasteiger partial charge < -0.3 is 31.9 Å². The Kier molecular flexibility index (Phi) is 5.86. The van der Waals surface area contributed by atoms with Crippen molar-refractivity contribution in [1.82, 2.24) is 4.90 Å². The molecule has 0 heterocycles. The minimum Gasteiger partial charge on any atom is -0.510 e. The smallest absolute Gasteiger partial charge is 0.255 e. The van der Waals surface area contributed by atoms with Gasteiger partial charge in [-0.15, -0.1) is 0 Å². The number of hydrogen-bond donors (Lipinski definition) is 6. The number of primary amides is 1. The number of aromatic hydroxyl groups is 1. The van der Waals surface area contributed by atoms with Gasteiger partial charge in [0.2, 0.25) is 5.78 Å². The molecule has 1 aromatic carbocycles. The first-order valence-corrected chi connectivity index (χ1v) is 11.8. The van der Waals surface area contributed by atoms with E-state index < -0.39 is 63.5 Å². The number of likely N-dealkylation sites (N-methyl/N-ethyl adjacent to an activating group) is 1. The quantitative estimate of drug-likeness (QED) is 0.328. The van der Waals surface area contributed by atoms with Gasteiger partial charge in [-0.05, 0) is 55.5 Å². The lowest BCUT2D eigenvalue weighted by Gasteiger charge is -2.50. The molecule has 10 heteroatoms. The second-order valence-electron chi connectivity index (χ2n) is 11.2. The summed E-state index contributed by atoms with van der Waals surface area (Å²) in [5.41, 5.74) is 8.92. The number of rotatable bonds is 3. The van der Waals surface area contributed by atoms with Crippen LogP contribution >= 0.6 is 0 Å². The van der Waals surface area contributed by atoms with Crippen molar-refractivity contribution in [2.24, 2.45) is 23.3 Å². The van der Waals surface area contributed by atoms with E-state index >= 15 is 0 Å². The molecule has 0 aromatic heterocycles. The zero-order valence-corrected chi connectivity index (χ0v) is 21.0. The Hall–Kier alpha value is -3.21. The van der Waals surface area contributed by atoms with Gasteiger partial charge in [0, 0.05) is 23.6 Å². The van der Waals surface area contributed by atoms with Crippen LogP contribution in [0.15, 0.2) is 28.7 Å². The van der Waals surface area contributed by atoms with E-state index in [0.717, 1.165) is 0 Å². The monoisotopic (exact) mass is 499 g/mol. The fraction of sp³-hybridized carbons (Fsp3) is 0.500. The van der Waals surface area contributed by atoms with Crippen LogP contribution in [-0.4, -0.2) is 68.5 Å². The highest BCUT2D eigenvalue weighted by atomic mass is 16.3. The summed E-state index contributed by atoms with van der Waals surface area (Å²) in [5.74, 6) is -6.61. The minimum atomic E-state index is -2.65. The molecule has 4 rings (SSSR count). The molecular formula is C26H33N3O7. The molecule has 1 amide bonds. The van der Waals surface area contributed by atoms with Gasteiger partial charge >= 0.3 is 0 Å². The summed E-state index contributed by atoms with van der Waals surface area (Å²) in [7, 11) is 3.18. The van der Waals surface area contributed by atoms with Crippen LogP contribution in [0.4, 0.5) is 0 Å². The maximum absolute atomic E-state index is 13.8. The van der Waals surface area contributed by atoms with Crippen LogP contribution in [0.1, 0.15) is 54.2 Å². The molecule has 4 atom stereocenters. The van der Waals surface area contributed by atoms with Gasteiger partial charge in [-0.2, -0.15) is 0 Å². The summed E-state index contributed by atoms with van der Waals surface area (Å²) in [4.78, 5) is 40.8. The van der Waals surface area contributed by atoms with Gasteiger partial charge in [-0.25, -0.2) is 0 Å². The van der Waals surface area contributed by atoms with Crippen molar-refractivity contribution in [3.63, 3.8) is 0 Å². The maximum Gasteiger partial charge on any atom is 0.255 e. The molecule has 36 heavy (non-hydrogen) atoms. The van der Waals surface area contributed by atoms with Crippen LogP contribution < -0.4 is 11.5 Å². The van der Waals surface area contributed by atoms with E-state index in [-0.39, 0.29) is 36.3 Å². The molecule has 0 saturated heterocycles. The lowest BCUT2D eigenvalue weighted by Crippen LogP contribution is -2.63. The lowest BCUT2D eigenvalue weighted by atomic mass is 9.58. The van der Waals surface area contributed by atoms with Crippen molar-refractivity contribution in [3.8, 4) is 5.75 Å². The predicted octanol–water partition coefficient (Wildman–Crippen LogP) is 0.877. The summed E-state index contributed by atoms with van der Waals surface area (Å²) in [6.07, 6.45) is 0.261. The van der Waals surface area contributed by atoms with Gasteiger partial charge in [0.1, 0.15) is 22.8 Å². The molecule has 0 radical (unpaired) electrons. The van der Waals surface area contributed by atoms with E-state index in [9.17, 15) is 34.8 Å². The third-order valence-corrected chi connectivity index (χ3v) is 7.84. The summed E-state index contributed by atoms with van der Waals surface area (Å²) < 4.78 is 0. The molecule has 0 saturated carbocycles. The van der Waals surface area contributed by atoms with E-state index in [1.165, 1.54) is 4.90 Å². The Morgan fingerprint density at radius 3 is 2.31 bits per heavy atom. The van der Waals surface area contributed by atoms with E-state index in [4.69, 9.17) is 11.5 Å². The molecule has 0 bridgehead atoms. The number of ketones is 2. The largest absolute Gasteiger partial charge is 0.510 e. The first kappa shape index (κ1) is 25.9. The third-order valence-electron chi connectivity index (χ3n) is 7.84. The number of allylic oxidation sites excluding steroid dienone is 1. The zero-order chi connectivity index (χ0) is 27.1. The number of aliphatic hydroxyl groups excluding tert-OH is 2. The number of nitrogens with two attached hydrogens (primary N) is 2. The van der Waals surface area contributed by atoms with Crippen LogP contribution in [0, 0.1) is 11.8 Å². The summed E-state index contributed by atoms with van der Waals surface area (Å²) in [6, 6.07) is 0.761. The van der Waals surface area contributed by atoms with Gasteiger partial charge in [-0.3, -0.25) is 19.3 Å². The highest BCUT2D eigenvalue weighted by Crippen LogP contribution is 2.53. The molecule has 1 aromatic rings. The fourth-order valence-electron chi connectivity index (χ4n) is 6.15. The molecule has 10 nitrogen and oxygen atoms in total. The molecule has 0 fully saturated rings. The summed E-state index contributed by atoms with van der Waals surface area (Å²) in [6.45, 7) is 5.75. The molecule has 194 valence electrons. The normalized spacial score (nSPS) is 28.3. The molecule has 3 aliphatic rings. The van der Waals surface area contributed by atoms with Crippen LogP contribution in [0.2, 0.25) is 0 Å². The average molecular weight is 500 g/mol. The van der Waals surface area contributed by atoms with Gasteiger partial charge in [0.25, 0.3) is 5.91 Å². The zero-order valence-electron chi connectivity index (χ0n) is 21.0. The minimum absolute atomic E-state index is 0.0105. The van der Waals surface area contributed by atoms with Crippen molar-refractivity contribution in [1.29, 1.82) is 0 Å². The standard InChI is InChI=1S/C26H33N3O7/c1-25(2,3)14-8-11(9-27)12-6-10-7-13-18(29(4)5)21(32)17(24(28)35)23(34)26(13,36)22(33)15(10)20(31)16(12)19(14)30/h8,10,13,18,30,32-33,36H,6-7,9,27H2,1-5H3,(H2,28,35). The Labute approximate surface area is 208 Å². The second kappa shape index (κ2) is 8.16. The Morgan fingerprint density at radius 1 is 1.19 bits per heavy atom. The van der Waals surface area contributed by atoms with Gasteiger partial charge in [0.05, 0.1) is 11.6 Å². The third kappa shape index (κ3) is 3.31. The number of fused-ring (bicyclic) bond motifs is 3. The van der Waals surface area contributed by atoms with Crippen molar-refractivity contribution in [2.75, 3.05) is 14.1 Å². The van der Waals surface area contributed by atoms with Gasteiger partial charge in [-0.1, -0.05) is 20.8 Å². The van der Waals surface area contributed by atoms with Crippen molar-refractivity contribution in [2.45, 2.75) is 57.2 Å². The molecule has 8 N–H and O–H groups in total. The van der Waals surface area contributed by atoms with E-state index in [1.807, 2.05) is 20.8 Å². The Morgan fingerprint density at radius 2 is 1.81 bits per heavy atom. The number of phenolic OH excluding ortho intramolecular Hbond substituents is 1. The molecule has 0 spiro atoms. The number of carbonyl (C=O) groups is 3. The number of benzene rings is 1. The number of aliphatic hydroxyl groups is 3. The lowest BCUT2D eigenvalue weighted by molar-refractivity contribution is -0.148. The predicted molar refractivity (Wildman–Crippen MR) is 130 cm³/mol. The highest BCUT2D eigenvalue weighted by Gasteiger charge is 2.63. The summed E-state index contributed by atoms with van der Waals surface area (Å²) in [5, 5.41) is 45.0. The summed E-state index contributed by atoms with van der Waals surface area (Å²) >= 11 is 0. The number of phenols is 1. The number of Topliss-reactive ketones (excluding diaryl/α,β-unsaturated/α-hetero) is 2. The van der Waals surface area contributed by atoms with Crippen LogP contribution in [0.5, 0.6) is 5.75 Å². The van der Waals surface area contributed by atoms with Crippen LogP contribution in [-0.2, 0) is 28.0 Å². The van der Waals surface area contributed by atoms with E-state index in [2.05, 4.69) is 0 Å². The van der Waals surface area contributed by atoms with Gasteiger partial charge in [0.15, 0.2) is 11.4 Å². The molecule has 0 aliphatic heterocycles. The number of nitrogens with zero attached hydrogens (tertiary/aromatic N) is 1. The second-order valence-corrected chi connectivity index (χ2v) is 11.2. The molecule has 3 aliphatic carbocycles. The number of hydrogen-bond acceptors (Lipinski definition) is 9. The van der Waals surface area contributed by atoms with Crippen molar-refractivity contribution >= 4 is 17.5 Å². The van der Waals surface area contributed by atoms with Crippen molar-refractivity contribution in [3.05, 3.63) is 51.0 Å². The topological polar surface area (TPSA) is 187 Å². The molecular weight excluding hydrogens is 466 g/mol.